The van der Waals surface area contributed by atoms with Crippen molar-refractivity contribution >= 4 is 12.3 Å². The van der Waals surface area contributed by atoms with Crippen LogP contribution in [0.4, 0.5) is 4.79 Å². The highest BCUT2D eigenvalue weighted by Crippen LogP contribution is 1.74. The van der Waals surface area contributed by atoms with E-state index in [0.29, 0.717) is 19.4 Å². The van der Waals surface area contributed by atoms with Crippen LogP contribution in [0.25, 0.3) is 0 Å². The molecule has 2 amide bonds. The minimum atomic E-state index is -0.465. The number of rotatable bonds is 4. The SMILES string of the molecule is C=C(C=O)NC(=O)NCCN. The largest absolute Gasteiger partial charge is 0.337 e. The Morgan fingerprint density at radius 1 is 1.64 bits per heavy atom. The third-order valence-corrected chi connectivity index (χ3v) is 0.846. The van der Waals surface area contributed by atoms with Gasteiger partial charge in [0.15, 0.2) is 6.29 Å². The second kappa shape index (κ2) is 5.43. The molecule has 11 heavy (non-hydrogen) atoms. The summed E-state index contributed by atoms with van der Waals surface area (Å²) >= 11 is 0. The molecule has 62 valence electrons. The summed E-state index contributed by atoms with van der Waals surface area (Å²) in [6, 6.07) is -0.465. The molecule has 0 rings (SSSR count). The van der Waals surface area contributed by atoms with Gasteiger partial charge in [0.25, 0.3) is 0 Å². The van der Waals surface area contributed by atoms with Gasteiger partial charge in [-0.15, -0.1) is 0 Å². The summed E-state index contributed by atoms with van der Waals surface area (Å²) in [6.07, 6.45) is 0.460. The Morgan fingerprint density at radius 3 is 2.73 bits per heavy atom. The predicted molar refractivity (Wildman–Crippen MR) is 40.8 cm³/mol. The molecule has 0 aliphatic rings. The van der Waals surface area contributed by atoms with Crippen molar-refractivity contribution in [1.82, 2.24) is 10.6 Å². The van der Waals surface area contributed by atoms with Crippen molar-refractivity contribution in [1.29, 1.82) is 0 Å². The molecule has 0 aromatic carbocycles. The highest BCUT2D eigenvalue weighted by Gasteiger charge is 1.98. The van der Waals surface area contributed by atoms with Gasteiger partial charge in [-0.25, -0.2) is 4.79 Å². The molecule has 0 aliphatic carbocycles. The third kappa shape index (κ3) is 5.10. The summed E-state index contributed by atoms with van der Waals surface area (Å²) in [4.78, 5) is 20.6. The van der Waals surface area contributed by atoms with E-state index in [0.717, 1.165) is 0 Å². The lowest BCUT2D eigenvalue weighted by Gasteiger charge is -2.03. The average molecular weight is 157 g/mol. The van der Waals surface area contributed by atoms with E-state index in [-0.39, 0.29) is 5.70 Å². The highest BCUT2D eigenvalue weighted by atomic mass is 16.2. The van der Waals surface area contributed by atoms with Crippen LogP contribution in [-0.4, -0.2) is 25.4 Å². The van der Waals surface area contributed by atoms with E-state index in [1.54, 1.807) is 0 Å². The normalized spacial score (nSPS) is 8.45. The van der Waals surface area contributed by atoms with Crippen molar-refractivity contribution in [2.75, 3.05) is 13.1 Å². The van der Waals surface area contributed by atoms with Crippen molar-refractivity contribution in [3.63, 3.8) is 0 Å². The lowest BCUT2D eigenvalue weighted by Crippen LogP contribution is -2.37. The van der Waals surface area contributed by atoms with Crippen LogP contribution in [0, 0.1) is 0 Å². The average Bonchev–Trinajstić information content (AvgIpc) is 2.00. The number of hydrogen-bond donors (Lipinski definition) is 3. The first kappa shape index (κ1) is 9.64. The first-order chi connectivity index (χ1) is 5.20. The molecule has 5 heteroatoms. The summed E-state index contributed by atoms with van der Waals surface area (Å²) in [7, 11) is 0. The zero-order valence-corrected chi connectivity index (χ0v) is 6.09. The van der Waals surface area contributed by atoms with Crippen LogP contribution in [0.3, 0.4) is 0 Å². The number of nitrogens with one attached hydrogen (secondary N) is 2. The number of amides is 2. The summed E-state index contributed by atoms with van der Waals surface area (Å²) in [5.74, 6) is 0. The Hall–Kier alpha value is -1.36. The molecule has 0 saturated heterocycles. The molecule has 0 bridgehead atoms. The summed E-state index contributed by atoms with van der Waals surface area (Å²) in [6.45, 7) is 3.99. The second-order valence-corrected chi connectivity index (χ2v) is 1.81. The molecule has 5 nitrogen and oxygen atoms in total. The third-order valence-electron chi connectivity index (χ3n) is 0.846. The smallest absolute Gasteiger partial charge is 0.319 e. The number of hydrogen-bond acceptors (Lipinski definition) is 3. The molecular formula is C6H11N3O2. The summed E-state index contributed by atoms with van der Waals surface area (Å²) in [5.41, 5.74) is 5.13. The molecule has 0 fully saturated rings. The standard InChI is InChI=1S/C6H11N3O2/c1-5(4-10)9-6(11)8-3-2-7/h4H,1-3,7H2,(H2,8,9,11). The first-order valence-corrected chi connectivity index (χ1v) is 3.09. The molecule has 0 aliphatic heterocycles. The van der Waals surface area contributed by atoms with Gasteiger partial charge in [-0.3, -0.25) is 4.79 Å². The molecule has 0 heterocycles. The van der Waals surface area contributed by atoms with E-state index in [1.807, 2.05) is 0 Å². The molecular weight excluding hydrogens is 146 g/mol. The fourth-order valence-corrected chi connectivity index (χ4v) is 0.405. The van der Waals surface area contributed by atoms with Gasteiger partial charge >= 0.3 is 6.03 Å². The molecule has 0 radical (unpaired) electrons. The quantitative estimate of drug-likeness (QED) is 0.360. The van der Waals surface area contributed by atoms with Crippen molar-refractivity contribution in [2.45, 2.75) is 0 Å². The number of carbonyl (C=O) groups excluding carboxylic acids is 2. The van der Waals surface area contributed by atoms with Gasteiger partial charge in [0.05, 0.1) is 5.70 Å². The minimum Gasteiger partial charge on any atom is -0.337 e. The van der Waals surface area contributed by atoms with Gasteiger partial charge in [-0.2, -0.15) is 0 Å². The monoisotopic (exact) mass is 157 g/mol. The van der Waals surface area contributed by atoms with E-state index in [1.165, 1.54) is 0 Å². The van der Waals surface area contributed by atoms with E-state index in [9.17, 15) is 9.59 Å². The Kier molecular flexibility index (Phi) is 4.76. The molecule has 0 aromatic rings. The maximum absolute atomic E-state index is 10.7. The van der Waals surface area contributed by atoms with Gasteiger partial charge in [0, 0.05) is 13.1 Å². The zero-order chi connectivity index (χ0) is 8.69. The van der Waals surface area contributed by atoms with Crippen LogP contribution in [0.5, 0.6) is 0 Å². The predicted octanol–water partition coefficient (Wildman–Crippen LogP) is -1.04. The maximum atomic E-state index is 10.7. The van der Waals surface area contributed by atoms with Crippen molar-refractivity contribution in [2.24, 2.45) is 5.73 Å². The Labute approximate surface area is 64.6 Å². The molecule has 4 N–H and O–H groups in total. The van der Waals surface area contributed by atoms with E-state index >= 15 is 0 Å². The van der Waals surface area contributed by atoms with E-state index in [2.05, 4.69) is 17.2 Å². The fourth-order valence-electron chi connectivity index (χ4n) is 0.405. The van der Waals surface area contributed by atoms with E-state index < -0.39 is 6.03 Å². The number of carbonyl (C=O) groups is 2. The number of urea groups is 1. The van der Waals surface area contributed by atoms with Crippen molar-refractivity contribution in [3.8, 4) is 0 Å². The fraction of sp³-hybridized carbons (Fsp3) is 0.333. The van der Waals surface area contributed by atoms with Crippen molar-refractivity contribution < 1.29 is 9.59 Å². The lowest BCUT2D eigenvalue weighted by atomic mass is 10.5. The van der Waals surface area contributed by atoms with Gasteiger partial charge in [-0.05, 0) is 0 Å². The topological polar surface area (TPSA) is 84.2 Å². The number of nitrogens with two attached hydrogens (primary N) is 1. The summed E-state index contributed by atoms with van der Waals surface area (Å²) in [5, 5.41) is 4.60. The number of allylic oxidation sites excluding steroid dienone is 1. The van der Waals surface area contributed by atoms with E-state index in [4.69, 9.17) is 5.73 Å². The number of aldehydes is 1. The van der Waals surface area contributed by atoms with Crippen LogP contribution in [0.1, 0.15) is 0 Å². The van der Waals surface area contributed by atoms with Gasteiger partial charge in [-0.1, -0.05) is 6.58 Å². The van der Waals surface area contributed by atoms with Crippen LogP contribution in [0.15, 0.2) is 12.3 Å². The van der Waals surface area contributed by atoms with Crippen LogP contribution in [0.2, 0.25) is 0 Å². The highest BCUT2D eigenvalue weighted by molar-refractivity contribution is 5.84. The summed E-state index contributed by atoms with van der Waals surface area (Å²) < 4.78 is 0. The van der Waals surface area contributed by atoms with Crippen molar-refractivity contribution in [3.05, 3.63) is 12.3 Å². The second-order valence-electron chi connectivity index (χ2n) is 1.81. The molecule has 0 atom stereocenters. The Balaban J connectivity index is 3.52. The molecule has 0 spiro atoms. The molecule has 0 aromatic heterocycles. The lowest BCUT2D eigenvalue weighted by molar-refractivity contribution is -0.105. The first-order valence-electron chi connectivity index (χ1n) is 3.09. The maximum Gasteiger partial charge on any atom is 0.319 e. The van der Waals surface area contributed by atoms with Crippen LogP contribution in [-0.2, 0) is 4.79 Å². The Bertz CT molecular complexity index is 167. The molecule has 0 saturated carbocycles. The Morgan fingerprint density at radius 2 is 2.27 bits per heavy atom. The zero-order valence-electron chi connectivity index (χ0n) is 6.09. The van der Waals surface area contributed by atoms with Crippen LogP contribution >= 0.6 is 0 Å². The molecule has 0 unspecified atom stereocenters. The van der Waals surface area contributed by atoms with Gasteiger partial charge < -0.3 is 16.4 Å². The minimum absolute atomic E-state index is 0.0273. The van der Waals surface area contributed by atoms with Crippen LogP contribution < -0.4 is 16.4 Å². The van der Waals surface area contributed by atoms with Gasteiger partial charge in [0.2, 0.25) is 0 Å². The van der Waals surface area contributed by atoms with Gasteiger partial charge in [0.1, 0.15) is 0 Å².